The molecule has 24 heavy (non-hydrogen) atoms. The quantitative estimate of drug-likeness (QED) is 0.636. The summed E-state index contributed by atoms with van der Waals surface area (Å²) in [6.45, 7) is 0. The fourth-order valence-electron chi connectivity index (χ4n) is 2.23. The zero-order valence-corrected chi connectivity index (χ0v) is 13.1. The molecule has 0 spiro atoms. The van der Waals surface area contributed by atoms with Crippen molar-refractivity contribution in [3.05, 3.63) is 66.7 Å². The smallest absolute Gasteiger partial charge is 0.238 e. The van der Waals surface area contributed by atoms with E-state index in [9.17, 15) is 14.7 Å². The molecule has 0 saturated heterocycles. The fraction of sp³-hybridized carbons (Fsp3) is 0.222. The molecule has 1 radical (unpaired) electrons. The minimum atomic E-state index is -1.13. The summed E-state index contributed by atoms with van der Waals surface area (Å²) in [6, 6.07) is 14.6. The minimum absolute atomic E-state index is 0.0686. The SMILES string of the molecule is NC(=O)[C@@H](C[C@@H](O)[CH]Cc1ccccc1)C(=O)Nc1ccccn1. The van der Waals surface area contributed by atoms with Crippen molar-refractivity contribution in [3.8, 4) is 0 Å². The van der Waals surface area contributed by atoms with Crippen LogP contribution in [0.4, 0.5) is 5.82 Å². The van der Waals surface area contributed by atoms with Crippen molar-refractivity contribution in [2.75, 3.05) is 5.32 Å². The van der Waals surface area contributed by atoms with Crippen LogP contribution in [0.3, 0.4) is 0 Å². The summed E-state index contributed by atoms with van der Waals surface area (Å²) < 4.78 is 0. The first-order valence-corrected chi connectivity index (χ1v) is 7.63. The van der Waals surface area contributed by atoms with Gasteiger partial charge in [0.15, 0.2) is 0 Å². The lowest BCUT2D eigenvalue weighted by Crippen LogP contribution is -2.37. The van der Waals surface area contributed by atoms with Crippen LogP contribution in [-0.2, 0) is 16.0 Å². The van der Waals surface area contributed by atoms with Crippen LogP contribution >= 0.6 is 0 Å². The maximum atomic E-state index is 12.2. The number of nitrogens with two attached hydrogens (primary N) is 1. The van der Waals surface area contributed by atoms with E-state index in [0.29, 0.717) is 12.2 Å². The largest absolute Gasteiger partial charge is 0.393 e. The van der Waals surface area contributed by atoms with E-state index in [0.717, 1.165) is 5.56 Å². The maximum absolute atomic E-state index is 12.2. The van der Waals surface area contributed by atoms with Crippen molar-refractivity contribution in [2.45, 2.75) is 18.9 Å². The van der Waals surface area contributed by atoms with Crippen LogP contribution in [0.2, 0.25) is 0 Å². The highest BCUT2D eigenvalue weighted by Crippen LogP contribution is 2.14. The monoisotopic (exact) mass is 326 g/mol. The number of rotatable bonds is 8. The van der Waals surface area contributed by atoms with Crippen LogP contribution in [0.5, 0.6) is 0 Å². The van der Waals surface area contributed by atoms with Crippen LogP contribution in [0, 0.1) is 12.3 Å². The Morgan fingerprint density at radius 2 is 1.88 bits per heavy atom. The highest BCUT2D eigenvalue weighted by Gasteiger charge is 2.27. The molecule has 0 fully saturated rings. The van der Waals surface area contributed by atoms with Crippen molar-refractivity contribution in [1.82, 2.24) is 4.98 Å². The number of amides is 2. The lowest BCUT2D eigenvalue weighted by molar-refractivity contribution is -0.131. The molecule has 1 aromatic heterocycles. The second-order valence-electron chi connectivity index (χ2n) is 5.39. The first-order chi connectivity index (χ1) is 11.6. The van der Waals surface area contributed by atoms with Crippen LogP contribution < -0.4 is 11.1 Å². The number of nitrogens with one attached hydrogen (secondary N) is 1. The third-order valence-electron chi connectivity index (χ3n) is 3.52. The molecular formula is C18H20N3O3. The number of anilines is 1. The highest BCUT2D eigenvalue weighted by atomic mass is 16.3. The molecule has 0 bridgehead atoms. The molecule has 6 heteroatoms. The number of benzene rings is 1. The van der Waals surface area contributed by atoms with Gasteiger partial charge in [-0.15, -0.1) is 0 Å². The standard InChI is InChI=1S/C18H20N3O3/c19-17(23)15(18(24)21-16-8-4-5-11-20-16)12-14(22)10-9-13-6-2-1-3-7-13/h1-8,10-11,14-15,22H,9,12H2,(H2,19,23)(H,20,21,24)/t14-,15+/m0/s1. The topological polar surface area (TPSA) is 105 Å². The van der Waals surface area contributed by atoms with Crippen LogP contribution in [0.15, 0.2) is 54.7 Å². The van der Waals surface area contributed by atoms with Gasteiger partial charge >= 0.3 is 0 Å². The maximum Gasteiger partial charge on any atom is 0.238 e. The summed E-state index contributed by atoms with van der Waals surface area (Å²) >= 11 is 0. The van der Waals surface area contributed by atoms with Gasteiger partial charge in [-0.05, 0) is 37.0 Å². The number of aromatic nitrogens is 1. The summed E-state index contributed by atoms with van der Waals surface area (Å²) in [5.74, 6) is -2.16. The molecule has 1 aromatic carbocycles. The first-order valence-electron chi connectivity index (χ1n) is 7.63. The second-order valence-corrected chi connectivity index (χ2v) is 5.39. The molecule has 2 atom stereocenters. The molecule has 2 rings (SSSR count). The summed E-state index contributed by atoms with van der Waals surface area (Å²) in [5.41, 5.74) is 6.33. The number of carbonyl (C=O) groups is 2. The Hall–Kier alpha value is -2.73. The van der Waals surface area contributed by atoms with E-state index in [-0.39, 0.29) is 6.42 Å². The van der Waals surface area contributed by atoms with E-state index in [2.05, 4.69) is 10.3 Å². The van der Waals surface area contributed by atoms with E-state index in [1.807, 2.05) is 30.3 Å². The molecule has 6 nitrogen and oxygen atoms in total. The first kappa shape index (κ1) is 17.6. The molecule has 0 aliphatic carbocycles. The molecule has 4 N–H and O–H groups in total. The average molecular weight is 326 g/mol. The normalized spacial score (nSPS) is 13.0. The number of carbonyl (C=O) groups excluding carboxylic acids is 2. The van der Waals surface area contributed by atoms with E-state index in [4.69, 9.17) is 5.73 Å². The van der Waals surface area contributed by atoms with Gasteiger partial charge < -0.3 is 16.2 Å². The van der Waals surface area contributed by atoms with Gasteiger partial charge in [-0.25, -0.2) is 4.98 Å². The van der Waals surface area contributed by atoms with Gasteiger partial charge in [0, 0.05) is 6.20 Å². The molecule has 1 heterocycles. The van der Waals surface area contributed by atoms with E-state index in [1.165, 1.54) is 6.20 Å². The highest BCUT2D eigenvalue weighted by molar-refractivity contribution is 6.05. The third-order valence-corrected chi connectivity index (χ3v) is 3.52. The van der Waals surface area contributed by atoms with Crippen LogP contribution in [0.25, 0.3) is 0 Å². The van der Waals surface area contributed by atoms with Gasteiger partial charge in [0.25, 0.3) is 0 Å². The Kier molecular flexibility index (Phi) is 6.45. The lowest BCUT2D eigenvalue weighted by atomic mass is 9.96. The van der Waals surface area contributed by atoms with Gasteiger partial charge in [-0.3, -0.25) is 9.59 Å². The van der Waals surface area contributed by atoms with Crippen molar-refractivity contribution >= 4 is 17.6 Å². The average Bonchev–Trinajstić information content (AvgIpc) is 2.59. The molecule has 0 aliphatic rings. The van der Waals surface area contributed by atoms with Crippen LogP contribution in [0.1, 0.15) is 12.0 Å². The number of aliphatic hydroxyl groups is 1. The molecule has 125 valence electrons. The Morgan fingerprint density at radius 1 is 1.17 bits per heavy atom. The minimum Gasteiger partial charge on any atom is -0.393 e. The third kappa shape index (κ3) is 5.48. The van der Waals surface area contributed by atoms with Gasteiger partial charge in [-0.1, -0.05) is 36.4 Å². The van der Waals surface area contributed by atoms with Crippen LogP contribution in [-0.4, -0.2) is 28.0 Å². The summed E-state index contributed by atoms with van der Waals surface area (Å²) in [5, 5.41) is 12.6. The summed E-state index contributed by atoms with van der Waals surface area (Å²) in [6.07, 6.45) is 2.73. The molecule has 2 amide bonds. The van der Waals surface area contributed by atoms with Crippen molar-refractivity contribution < 1.29 is 14.7 Å². The van der Waals surface area contributed by atoms with E-state index >= 15 is 0 Å². The van der Waals surface area contributed by atoms with Gasteiger partial charge in [0.2, 0.25) is 11.8 Å². The summed E-state index contributed by atoms with van der Waals surface area (Å²) in [4.78, 5) is 27.7. The predicted molar refractivity (Wildman–Crippen MR) is 90.6 cm³/mol. The number of hydrogen-bond donors (Lipinski definition) is 3. The number of nitrogens with zero attached hydrogens (tertiary/aromatic N) is 1. The lowest BCUT2D eigenvalue weighted by Gasteiger charge is -2.17. The van der Waals surface area contributed by atoms with E-state index < -0.39 is 23.8 Å². The molecule has 0 aliphatic heterocycles. The molecule has 0 saturated carbocycles. The number of primary amides is 1. The Balaban J connectivity index is 1.90. The van der Waals surface area contributed by atoms with Crippen molar-refractivity contribution in [1.29, 1.82) is 0 Å². The zero-order valence-electron chi connectivity index (χ0n) is 13.1. The Labute approximate surface area is 140 Å². The number of hydrogen-bond acceptors (Lipinski definition) is 4. The second kappa shape index (κ2) is 8.79. The van der Waals surface area contributed by atoms with Crippen molar-refractivity contribution in [2.24, 2.45) is 11.7 Å². The molecular weight excluding hydrogens is 306 g/mol. The Morgan fingerprint density at radius 3 is 2.50 bits per heavy atom. The number of aliphatic hydroxyl groups excluding tert-OH is 1. The fourth-order valence-corrected chi connectivity index (χ4v) is 2.23. The molecule has 0 unspecified atom stereocenters. The van der Waals surface area contributed by atoms with Crippen molar-refractivity contribution in [3.63, 3.8) is 0 Å². The Bertz CT molecular complexity index is 662. The number of pyridine rings is 1. The zero-order chi connectivity index (χ0) is 17.4. The molecule has 2 aromatic rings. The summed E-state index contributed by atoms with van der Waals surface area (Å²) in [7, 11) is 0. The van der Waals surface area contributed by atoms with Gasteiger partial charge in [-0.2, -0.15) is 0 Å². The van der Waals surface area contributed by atoms with E-state index in [1.54, 1.807) is 24.6 Å². The van der Waals surface area contributed by atoms with Gasteiger partial charge in [0.1, 0.15) is 11.7 Å². The predicted octanol–water partition coefficient (Wildman–Crippen LogP) is 1.32. The van der Waals surface area contributed by atoms with Gasteiger partial charge in [0.05, 0.1) is 6.10 Å².